The summed E-state index contributed by atoms with van der Waals surface area (Å²) in [6.07, 6.45) is 2.91. The Labute approximate surface area is 110 Å². The molecule has 1 amide bonds. The van der Waals surface area contributed by atoms with E-state index < -0.39 is 0 Å². The van der Waals surface area contributed by atoms with Gasteiger partial charge in [0.2, 0.25) is 0 Å². The monoisotopic (exact) mass is 257 g/mol. The molecule has 2 rings (SSSR count). The molecule has 5 heteroatoms. The molecule has 0 aliphatic rings. The summed E-state index contributed by atoms with van der Waals surface area (Å²) >= 11 is 0. The van der Waals surface area contributed by atoms with E-state index >= 15 is 0 Å². The Kier molecular flexibility index (Phi) is 4.07. The highest BCUT2D eigenvalue weighted by Gasteiger charge is 2.04. The SMILES string of the molecule is Cc1cccc(C(=O)NCCn2cnccc2=O)c1. The molecule has 0 aliphatic carbocycles. The number of benzene rings is 1. The smallest absolute Gasteiger partial charge is 0.253 e. The van der Waals surface area contributed by atoms with Gasteiger partial charge in [0.05, 0.1) is 6.33 Å². The lowest BCUT2D eigenvalue weighted by Gasteiger charge is -2.07. The fraction of sp³-hybridized carbons (Fsp3) is 0.214. The van der Waals surface area contributed by atoms with Crippen molar-refractivity contribution < 1.29 is 4.79 Å². The topological polar surface area (TPSA) is 64.0 Å². The lowest BCUT2D eigenvalue weighted by molar-refractivity contribution is 0.0952. The number of nitrogens with zero attached hydrogens (tertiary/aromatic N) is 2. The summed E-state index contributed by atoms with van der Waals surface area (Å²) < 4.78 is 1.45. The summed E-state index contributed by atoms with van der Waals surface area (Å²) in [4.78, 5) is 27.1. The minimum Gasteiger partial charge on any atom is -0.350 e. The zero-order valence-corrected chi connectivity index (χ0v) is 10.7. The summed E-state index contributed by atoms with van der Waals surface area (Å²) in [6, 6.07) is 8.76. The van der Waals surface area contributed by atoms with Gasteiger partial charge in [-0.15, -0.1) is 0 Å². The number of carbonyl (C=O) groups is 1. The molecule has 5 nitrogen and oxygen atoms in total. The van der Waals surface area contributed by atoms with Crippen LogP contribution in [0.5, 0.6) is 0 Å². The highest BCUT2D eigenvalue weighted by atomic mass is 16.1. The Morgan fingerprint density at radius 3 is 2.95 bits per heavy atom. The summed E-state index contributed by atoms with van der Waals surface area (Å²) in [5.41, 5.74) is 1.54. The van der Waals surface area contributed by atoms with Crippen LogP contribution in [0.3, 0.4) is 0 Å². The lowest BCUT2D eigenvalue weighted by Crippen LogP contribution is -2.30. The zero-order valence-electron chi connectivity index (χ0n) is 10.7. The number of amides is 1. The molecule has 1 heterocycles. The molecule has 0 aliphatic heterocycles. The van der Waals surface area contributed by atoms with Crippen LogP contribution in [0, 0.1) is 6.92 Å². The highest BCUT2D eigenvalue weighted by molar-refractivity contribution is 5.94. The van der Waals surface area contributed by atoms with E-state index in [2.05, 4.69) is 10.3 Å². The van der Waals surface area contributed by atoms with E-state index in [9.17, 15) is 9.59 Å². The van der Waals surface area contributed by atoms with E-state index in [1.807, 2.05) is 25.1 Å². The van der Waals surface area contributed by atoms with Gasteiger partial charge in [0, 0.05) is 30.9 Å². The van der Waals surface area contributed by atoms with Gasteiger partial charge in [-0.25, -0.2) is 4.98 Å². The fourth-order valence-corrected chi connectivity index (χ4v) is 1.72. The maximum Gasteiger partial charge on any atom is 0.253 e. The van der Waals surface area contributed by atoms with Crippen molar-refractivity contribution in [2.75, 3.05) is 6.54 Å². The van der Waals surface area contributed by atoms with Crippen LogP contribution in [0.4, 0.5) is 0 Å². The van der Waals surface area contributed by atoms with Crippen LogP contribution in [0.15, 0.2) is 47.7 Å². The molecule has 19 heavy (non-hydrogen) atoms. The fourth-order valence-electron chi connectivity index (χ4n) is 1.72. The van der Waals surface area contributed by atoms with Crippen LogP contribution < -0.4 is 10.9 Å². The van der Waals surface area contributed by atoms with Gasteiger partial charge in [0.1, 0.15) is 0 Å². The number of hydrogen-bond donors (Lipinski definition) is 1. The third-order valence-electron chi connectivity index (χ3n) is 2.71. The van der Waals surface area contributed by atoms with E-state index in [-0.39, 0.29) is 11.5 Å². The van der Waals surface area contributed by atoms with Crippen molar-refractivity contribution >= 4 is 5.91 Å². The van der Waals surface area contributed by atoms with Crippen molar-refractivity contribution in [1.29, 1.82) is 0 Å². The molecule has 0 unspecified atom stereocenters. The van der Waals surface area contributed by atoms with E-state index in [0.717, 1.165) is 5.56 Å². The quantitative estimate of drug-likeness (QED) is 0.888. The second-order valence-electron chi connectivity index (χ2n) is 4.24. The van der Waals surface area contributed by atoms with Gasteiger partial charge in [0.25, 0.3) is 11.5 Å². The third kappa shape index (κ3) is 3.51. The predicted molar refractivity (Wildman–Crippen MR) is 72.0 cm³/mol. The molecular weight excluding hydrogens is 242 g/mol. The zero-order chi connectivity index (χ0) is 13.7. The van der Waals surface area contributed by atoms with E-state index in [4.69, 9.17) is 0 Å². The molecule has 1 aromatic carbocycles. The second-order valence-corrected chi connectivity index (χ2v) is 4.24. The standard InChI is InChI=1S/C14H15N3O2/c1-11-3-2-4-12(9-11)14(19)16-7-8-17-10-15-6-5-13(17)18/h2-6,9-10H,7-8H2,1H3,(H,16,19). The molecule has 2 aromatic rings. The van der Waals surface area contributed by atoms with Gasteiger partial charge >= 0.3 is 0 Å². The van der Waals surface area contributed by atoms with Crippen LogP contribution >= 0.6 is 0 Å². The van der Waals surface area contributed by atoms with Gasteiger partial charge < -0.3 is 5.32 Å². The van der Waals surface area contributed by atoms with E-state index in [1.165, 1.54) is 23.2 Å². The second kappa shape index (κ2) is 5.95. The number of carbonyl (C=O) groups excluding carboxylic acids is 1. The van der Waals surface area contributed by atoms with Gasteiger partial charge in [-0.3, -0.25) is 14.2 Å². The Morgan fingerprint density at radius 1 is 1.37 bits per heavy atom. The van der Waals surface area contributed by atoms with Gasteiger partial charge in [-0.1, -0.05) is 17.7 Å². The lowest BCUT2D eigenvalue weighted by atomic mass is 10.1. The maximum atomic E-state index is 11.9. The van der Waals surface area contributed by atoms with Crippen molar-refractivity contribution in [3.05, 3.63) is 64.3 Å². The number of rotatable bonds is 4. The molecule has 0 fully saturated rings. The van der Waals surface area contributed by atoms with Gasteiger partial charge in [-0.05, 0) is 19.1 Å². The van der Waals surface area contributed by atoms with Crippen LogP contribution in [-0.4, -0.2) is 22.0 Å². The first-order valence-corrected chi connectivity index (χ1v) is 6.02. The van der Waals surface area contributed by atoms with Gasteiger partial charge in [0.15, 0.2) is 0 Å². The predicted octanol–water partition coefficient (Wildman–Crippen LogP) is 0.982. The van der Waals surface area contributed by atoms with Crippen LogP contribution in [0.1, 0.15) is 15.9 Å². The number of hydrogen-bond acceptors (Lipinski definition) is 3. The normalized spacial score (nSPS) is 10.2. The van der Waals surface area contributed by atoms with E-state index in [1.54, 1.807) is 6.07 Å². The van der Waals surface area contributed by atoms with Crippen molar-refractivity contribution in [1.82, 2.24) is 14.9 Å². The first-order valence-electron chi connectivity index (χ1n) is 6.02. The average molecular weight is 257 g/mol. The third-order valence-corrected chi connectivity index (χ3v) is 2.71. The molecule has 0 radical (unpaired) electrons. The van der Waals surface area contributed by atoms with Crippen molar-refractivity contribution in [2.45, 2.75) is 13.5 Å². The van der Waals surface area contributed by atoms with Crippen molar-refractivity contribution in [3.8, 4) is 0 Å². The van der Waals surface area contributed by atoms with E-state index in [0.29, 0.717) is 18.7 Å². The molecule has 1 aromatic heterocycles. The van der Waals surface area contributed by atoms with Crippen LogP contribution in [0.2, 0.25) is 0 Å². The van der Waals surface area contributed by atoms with Gasteiger partial charge in [-0.2, -0.15) is 0 Å². The molecular formula is C14H15N3O2. The van der Waals surface area contributed by atoms with Crippen molar-refractivity contribution in [2.24, 2.45) is 0 Å². The molecule has 0 saturated carbocycles. The number of aryl methyl sites for hydroxylation is 1. The molecule has 0 spiro atoms. The molecule has 0 bridgehead atoms. The summed E-state index contributed by atoms with van der Waals surface area (Å²) in [5.74, 6) is -0.138. The Balaban J connectivity index is 1.91. The number of aromatic nitrogens is 2. The molecule has 0 atom stereocenters. The molecule has 1 N–H and O–H groups in total. The Bertz CT molecular complexity index is 634. The minimum atomic E-state index is -0.138. The van der Waals surface area contributed by atoms with Crippen LogP contribution in [-0.2, 0) is 6.54 Å². The maximum absolute atomic E-state index is 11.9. The largest absolute Gasteiger partial charge is 0.350 e. The first kappa shape index (κ1) is 13.0. The summed E-state index contributed by atoms with van der Waals surface area (Å²) in [7, 11) is 0. The van der Waals surface area contributed by atoms with Crippen LogP contribution in [0.25, 0.3) is 0 Å². The Hall–Kier alpha value is -2.43. The average Bonchev–Trinajstić information content (AvgIpc) is 2.41. The minimum absolute atomic E-state index is 0.125. The Morgan fingerprint density at radius 2 is 2.21 bits per heavy atom. The summed E-state index contributed by atoms with van der Waals surface area (Å²) in [6.45, 7) is 2.73. The first-order chi connectivity index (χ1) is 9.16. The highest BCUT2D eigenvalue weighted by Crippen LogP contribution is 2.03. The van der Waals surface area contributed by atoms with Crippen molar-refractivity contribution in [3.63, 3.8) is 0 Å². The number of nitrogens with one attached hydrogen (secondary N) is 1. The molecule has 0 saturated heterocycles. The summed E-state index contributed by atoms with van der Waals surface area (Å²) in [5, 5.41) is 2.78. The molecule has 98 valence electrons.